The third-order valence-corrected chi connectivity index (χ3v) is 5.88. The van der Waals surface area contributed by atoms with E-state index in [0.29, 0.717) is 19.3 Å². The van der Waals surface area contributed by atoms with Gasteiger partial charge in [0.15, 0.2) is 0 Å². The van der Waals surface area contributed by atoms with Crippen molar-refractivity contribution in [2.75, 3.05) is 0 Å². The molecule has 4 heteroatoms. The predicted octanol–water partition coefficient (Wildman–Crippen LogP) is 4.74. The molecule has 0 amide bonds. The summed E-state index contributed by atoms with van der Waals surface area (Å²) in [6.45, 7) is 7.89. The number of carboxylic acids is 2. The number of carboxylic acid groups (broad SMARTS) is 2. The predicted molar refractivity (Wildman–Crippen MR) is 91.3 cm³/mol. The number of rotatable bonds is 9. The normalized spacial score (nSPS) is 28.7. The van der Waals surface area contributed by atoms with Gasteiger partial charge in [-0.05, 0) is 31.1 Å². The van der Waals surface area contributed by atoms with Crippen molar-refractivity contribution < 1.29 is 19.8 Å². The van der Waals surface area contributed by atoms with E-state index in [1.807, 2.05) is 26.0 Å². The average molecular weight is 324 g/mol. The summed E-state index contributed by atoms with van der Waals surface area (Å²) in [6, 6.07) is 0. The van der Waals surface area contributed by atoms with Crippen molar-refractivity contribution >= 4 is 11.9 Å². The maximum atomic E-state index is 12.3. The molecule has 0 bridgehead atoms. The highest BCUT2D eigenvalue weighted by Gasteiger charge is 2.62. The van der Waals surface area contributed by atoms with Gasteiger partial charge in [0, 0.05) is 0 Å². The van der Waals surface area contributed by atoms with Gasteiger partial charge in [-0.15, -0.1) is 0 Å². The summed E-state index contributed by atoms with van der Waals surface area (Å²) in [5.41, 5.74) is -2.44. The van der Waals surface area contributed by atoms with Crippen LogP contribution in [0.1, 0.15) is 72.6 Å². The molecule has 2 N–H and O–H groups in total. The first-order valence-corrected chi connectivity index (χ1v) is 8.90. The molecule has 4 nitrogen and oxygen atoms in total. The topological polar surface area (TPSA) is 74.6 Å². The molecule has 0 heterocycles. The maximum Gasteiger partial charge on any atom is 0.311 e. The van der Waals surface area contributed by atoms with E-state index >= 15 is 0 Å². The van der Waals surface area contributed by atoms with Gasteiger partial charge in [0.05, 0.1) is 10.8 Å². The Morgan fingerprint density at radius 2 is 1.70 bits per heavy atom. The molecule has 1 aliphatic rings. The highest BCUT2D eigenvalue weighted by molar-refractivity contribution is 5.87. The standard InChI is InChI=1S/C19H32O4/c1-5-7-10-15(6-2)13-18(16(20)21)11-8-9-12-19(18,14(3)4)17(22)23/h8-9,14-15H,5-7,10-13H2,1-4H3,(H,20,21)(H,22,23). The number of allylic oxidation sites excluding steroid dienone is 2. The molecule has 0 aliphatic heterocycles. The fourth-order valence-electron chi connectivity index (χ4n) is 4.33. The van der Waals surface area contributed by atoms with Crippen molar-refractivity contribution in [3.63, 3.8) is 0 Å². The zero-order valence-electron chi connectivity index (χ0n) is 15.0. The minimum absolute atomic E-state index is 0.232. The van der Waals surface area contributed by atoms with Gasteiger partial charge in [0.25, 0.3) is 0 Å². The third-order valence-electron chi connectivity index (χ3n) is 5.88. The van der Waals surface area contributed by atoms with E-state index in [1.165, 1.54) is 0 Å². The molecule has 1 aliphatic carbocycles. The second-order valence-electron chi connectivity index (χ2n) is 7.32. The van der Waals surface area contributed by atoms with Gasteiger partial charge < -0.3 is 10.2 Å². The van der Waals surface area contributed by atoms with E-state index in [4.69, 9.17) is 0 Å². The molecule has 23 heavy (non-hydrogen) atoms. The van der Waals surface area contributed by atoms with Crippen LogP contribution in [-0.4, -0.2) is 22.2 Å². The van der Waals surface area contributed by atoms with Crippen LogP contribution in [0.2, 0.25) is 0 Å². The smallest absolute Gasteiger partial charge is 0.311 e. The minimum atomic E-state index is -1.23. The SMILES string of the molecule is CCCCC(CC)CC1(C(=O)O)CC=CCC1(C(=O)O)C(C)C. The molecular weight excluding hydrogens is 292 g/mol. The fraction of sp³-hybridized carbons (Fsp3) is 0.789. The van der Waals surface area contributed by atoms with Crippen molar-refractivity contribution in [2.45, 2.75) is 72.6 Å². The first kappa shape index (κ1) is 19.7. The largest absolute Gasteiger partial charge is 0.481 e. The van der Waals surface area contributed by atoms with E-state index in [-0.39, 0.29) is 11.8 Å². The van der Waals surface area contributed by atoms with Crippen LogP contribution < -0.4 is 0 Å². The Labute approximate surface area is 140 Å². The second-order valence-corrected chi connectivity index (χ2v) is 7.32. The Hall–Kier alpha value is -1.32. The first-order chi connectivity index (χ1) is 10.8. The van der Waals surface area contributed by atoms with Crippen LogP contribution in [0.4, 0.5) is 0 Å². The summed E-state index contributed by atoms with van der Waals surface area (Å²) in [5.74, 6) is -1.89. The summed E-state index contributed by atoms with van der Waals surface area (Å²) in [5, 5.41) is 20.1. The summed E-state index contributed by atoms with van der Waals surface area (Å²) in [7, 11) is 0. The van der Waals surface area contributed by atoms with Gasteiger partial charge in [-0.25, -0.2) is 0 Å². The zero-order chi connectivity index (χ0) is 17.7. The highest BCUT2D eigenvalue weighted by atomic mass is 16.4. The maximum absolute atomic E-state index is 12.3. The Morgan fingerprint density at radius 1 is 1.09 bits per heavy atom. The molecule has 0 fully saturated rings. The molecule has 0 aromatic rings. The molecule has 1 rings (SSSR count). The second kappa shape index (κ2) is 7.98. The van der Waals surface area contributed by atoms with E-state index in [1.54, 1.807) is 0 Å². The van der Waals surface area contributed by atoms with Crippen molar-refractivity contribution in [1.82, 2.24) is 0 Å². The fourth-order valence-corrected chi connectivity index (χ4v) is 4.33. The molecule has 3 unspecified atom stereocenters. The lowest BCUT2D eigenvalue weighted by atomic mass is 9.50. The number of aliphatic carboxylic acids is 2. The lowest BCUT2D eigenvalue weighted by molar-refractivity contribution is -0.183. The van der Waals surface area contributed by atoms with Crippen molar-refractivity contribution in [2.24, 2.45) is 22.7 Å². The van der Waals surface area contributed by atoms with Crippen LogP contribution in [0.15, 0.2) is 12.2 Å². The number of carbonyl (C=O) groups is 2. The number of hydrogen-bond acceptors (Lipinski definition) is 2. The molecular formula is C19H32O4. The third kappa shape index (κ3) is 3.46. The molecule has 0 saturated carbocycles. The summed E-state index contributed by atoms with van der Waals surface area (Å²) in [6.07, 6.45) is 8.79. The molecule has 0 aromatic carbocycles. The molecule has 0 spiro atoms. The Morgan fingerprint density at radius 3 is 2.13 bits per heavy atom. The van der Waals surface area contributed by atoms with Crippen LogP contribution in [0.3, 0.4) is 0 Å². The lowest BCUT2D eigenvalue weighted by Crippen LogP contribution is -2.57. The van der Waals surface area contributed by atoms with E-state index in [9.17, 15) is 19.8 Å². The Bertz CT molecular complexity index is 454. The van der Waals surface area contributed by atoms with Crippen molar-refractivity contribution in [1.29, 1.82) is 0 Å². The van der Waals surface area contributed by atoms with Gasteiger partial charge in [0.2, 0.25) is 0 Å². The van der Waals surface area contributed by atoms with Crippen LogP contribution in [0.5, 0.6) is 0 Å². The molecule has 3 atom stereocenters. The summed E-state index contributed by atoms with van der Waals surface area (Å²) >= 11 is 0. The van der Waals surface area contributed by atoms with Crippen molar-refractivity contribution in [3.05, 3.63) is 12.2 Å². The average Bonchev–Trinajstić information content (AvgIpc) is 2.50. The van der Waals surface area contributed by atoms with Gasteiger partial charge >= 0.3 is 11.9 Å². The molecule has 0 saturated heterocycles. The monoisotopic (exact) mass is 324 g/mol. The van der Waals surface area contributed by atoms with Gasteiger partial charge in [-0.1, -0.05) is 65.5 Å². The molecule has 0 radical (unpaired) electrons. The summed E-state index contributed by atoms with van der Waals surface area (Å²) in [4.78, 5) is 24.6. The van der Waals surface area contributed by atoms with Crippen LogP contribution in [-0.2, 0) is 9.59 Å². The van der Waals surface area contributed by atoms with Crippen molar-refractivity contribution in [3.8, 4) is 0 Å². The quantitative estimate of drug-likeness (QED) is 0.601. The number of hydrogen-bond donors (Lipinski definition) is 2. The van der Waals surface area contributed by atoms with Gasteiger partial charge in [-0.2, -0.15) is 0 Å². The molecule has 132 valence electrons. The van der Waals surface area contributed by atoms with E-state index in [2.05, 4.69) is 13.8 Å². The van der Waals surface area contributed by atoms with E-state index in [0.717, 1.165) is 25.7 Å². The highest BCUT2D eigenvalue weighted by Crippen LogP contribution is 2.57. The van der Waals surface area contributed by atoms with Crippen LogP contribution in [0.25, 0.3) is 0 Å². The van der Waals surface area contributed by atoms with E-state index < -0.39 is 22.8 Å². The minimum Gasteiger partial charge on any atom is -0.481 e. The Balaban J connectivity index is 3.34. The van der Waals surface area contributed by atoms with Gasteiger partial charge in [-0.3, -0.25) is 9.59 Å². The first-order valence-electron chi connectivity index (χ1n) is 8.90. The van der Waals surface area contributed by atoms with Crippen LogP contribution in [0, 0.1) is 22.7 Å². The van der Waals surface area contributed by atoms with Gasteiger partial charge in [0.1, 0.15) is 0 Å². The zero-order valence-corrected chi connectivity index (χ0v) is 15.0. The molecule has 0 aromatic heterocycles. The summed E-state index contributed by atoms with van der Waals surface area (Å²) < 4.78 is 0. The number of unbranched alkanes of at least 4 members (excludes halogenated alkanes) is 1. The van der Waals surface area contributed by atoms with Crippen LogP contribution >= 0.6 is 0 Å². The Kier molecular flexibility index (Phi) is 6.84. The lowest BCUT2D eigenvalue weighted by Gasteiger charge is -2.50.